The Morgan fingerprint density at radius 2 is 1.84 bits per heavy atom. The second kappa shape index (κ2) is 7.40. The molecule has 0 aliphatic rings. The van der Waals surface area contributed by atoms with Gasteiger partial charge in [-0.2, -0.15) is 0 Å². The molecule has 0 radical (unpaired) electrons. The van der Waals surface area contributed by atoms with Crippen LogP contribution in [-0.4, -0.2) is 33.1 Å². The quantitative estimate of drug-likeness (QED) is 0.835. The molecule has 0 spiro atoms. The van der Waals surface area contributed by atoms with Crippen molar-refractivity contribution in [3.05, 3.63) is 29.8 Å². The van der Waals surface area contributed by atoms with Crippen LogP contribution >= 0.6 is 0 Å². The summed E-state index contributed by atoms with van der Waals surface area (Å²) in [5.41, 5.74) is 0.537. The maximum atomic E-state index is 11.9. The fourth-order valence-corrected chi connectivity index (χ4v) is 2.46. The lowest BCUT2D eigenvalue weighted by Crippen LogP contribution is -2.26. The molecule has 0 fully saturated rings. The van der Waals surface area contributed by atoms with Crippen molar-refractivity contribution in [1.29, 1.82) is 0 Å². The summed E-state index contributed by atoms with van der Waals surface area (Å²) in [6, 6.07) is 6.79. The van der Waals surface area contributed by atoms with Crippen LogP contribution in [0.2, 0.25) is 0 Å². The first-order valence-electron chi connectivity index (χ1n) is 6.38. The molecule has 2 unspecified atom stereocenters. The molecule has 0 saturated heterocycles. The Morgan fingerprint density at radius 3 is 2.32 bits per heavy atom. The van der Waals surface area contributed by atoms with Crippen molar-refractivity contribution in [2.75, 3.05) is 6.54 Å². The van der Waals surface area contributed by atoms with Gasteiger partial charge in [-0.3, -0.25) is 9.00 Å². The van der Waals surface area contributed by atoms with Gasteiger partial charge in [0.2, 0.25) is 0 Å². The monoisotopic (exact) mass is 283 g/mol. The van der Waals surface area contributed by atoms with Gasteiger partial charge in [0.15, 0.2) is 0 Å². The molecule has 0 aliphatic heterocycles. The highest BCUT2D eigenvalue weighted by molar-refractivity contribution is 7.85. The molecule has 106 valence electrons. The van der Waals surface area contributed by atoms with Gasteiger partial charge in [-0.05, 0) is 37.6 Å². The van der Waals surface area contributed by atoms with Crippen LogP contribution in [0, 0.1) is 0 Å². The molecule has 0 aromatic heterocycles. The summed E-state index contributed by atoms with van der Waals surface area (Å²) < 4.78 is 11.9. The number of hydrogen-bond donors (Lipinski definition) is 2. The molecular weight excluding hydrogens is 262 g/mol. The third kappa shape index (κ3) is 5.12. The average Bonchev–Trinajstić information content (AvgIpc) is 2.37. The first-order valence-corrected chi connectivity index (χ1v) is 7.60. The van der Waals surface area contributed by atoms with Crippen LogP contribution in [0.15, 0.2) is 29.2 Å². The zero-order valence-electron chi connectivity index (χ0n) is 11.6. The molecular formula is C14H21NO3S. The van der Waals surface area contributed by atoms with E-state index in [1.54, 1.807) is 31.2 Å². The van der Waals surface area contributed by atoms with Crippen molar-refractivity contribution in [2.45, 2.75) is 43.4 Å². The molecule has 2 N–H and O–H groups in total. The molecule has 2 atom stereocenters. The Labute approximate surface area is 116 Å². The Hall–Kier alpha value is -1.20. The van der Waals surface area contributed by atoms with Crippen molar-refractivity contribution < 1.29 is 14.1 Å². The molecule has 1 amide bonds. The minimum Gasteiger partial charge on any atom is -0.393 e. The number of amides is 1. The molecule has 1 aromatic carbocycles. The minimum absolute atomic E-state index is 0.0609. The van der Waals surface area contributed by atoms with Gasteiger partial charge in [0.25, 0.3) is 5.91 Å². The van der Waals surface area contributed by atoms with E-state index in [4.69, 9.17) is 5.11 Å². The second-order valence-electron chi connectivity index (χ2n) is 4.76. The maximum Gasteiger partial charge on any atom is 0.251 e. The molecule has 0 saturated carbocycles. The van der Waals surface area contributed by atoms with E-state index >= 15 is 0 Å². The van der Waals surface area contributed by atoms with E-state index in [0.29, 0.717) is 18.5 Å². The van der Waals surface area contributed by atoms with Crippen molar-refractivity contribution in [2.24, 2.45) is 0 Å². The zero-order chi connectivity index (χ0) is 14.4. The van der Waals surface area contributed by atoms with Gasteiger partial charge in [-0.15, -0.1) is 0 Å². The summed E-state index contributed by atoms with van der Waals surface area (Å²) in [6.45, 7) is 5.91. The Balaban J connectivity index is 2.61. The van der Waals surface area contributed by atoms with Crippen LogP contribution in [0.3, 0.4) is 0 Å². The fourth-order valence-electron chi connectivity index (χ4n) is 1.51. The lowest BCUT2D eigenvalue weighted by Gasteiger charge is -2.08. The van der Waals surface area contributed by atoms with E-state index in [0.717, 1.165) is 4.90 Å². The van der Waals surface area contributed by atoms with Crippen LogP contribution in [0.5, 0.6) is 0 Å². The number of aliphatic hydroxyl groups is 1. The van der Waals surface area contributed by atoms with E-state index in [2.05, 4.69) is 5.32 Å². The van der Waals surface area contributed by atoms with Gasteiger partial charge >= 0.3 is 0 Å². The van der Waals surface area contributed by atoms with Gasteiger partial charge in [0.1, 0.15) is 0 Å². The SMILES string of the molecule is CC(O)CCNC(=O)c1ccc(S(=O)C(C)C)cc1. The van der Waals surface area contributed by atoms with Crippen LogP contribution < -0.4 is 5.32 Å². The standard InChI is InChI=1S/C14H21NO3S/c1-10(2)19(18)13-6-4-12(5-7-13)14(17)15-9-8-11(3)16/h4-7,10-11,16H,8-9H2,1-3H3,(H,15,17). The van der Waals surface area contributed by atoms with E-state index in [1.165, 1.54) is 0 Å². The molecule has 5 heteroatoms. The molecule has 0 heterocycles. The number of carbonyl (C=O) groups excluding carboxylic acids is 1. The predicted molar refractivity (Wildman–Crippen MR) is 76.6 cm³/mol. The smallest absolute Gasteiger partial charge is 0.251 e. The van der Waals surface area contributed by atoms with E-state index < -0.39 is 16.9 Å². The maximum absolute atomic E-state index is 11.9. The van der Waals surface area contributed by atoms with Crippen LogP contribution in [0.1, 0.15) is 37.6 Å². The van der Waals surface area contributed by atoms with Crippen LogP contribution in [0.25, 0.3) is 0 Å². The van der Waals surface area contributed by atoms with Crippen molar-refractivity contribution in [1.82, 2.24) is 5.32 Å². The molecule has 0 bridgehead atoms. The molecule has 19 heavy (non-hydrogen) atoms. The number of nitrogens with one attached hydrogen (secondary N) is 1. The summed E-state index contributed by atoms with van der Waals surface area (Å²) in [7, 11) is -1.03. The largest absolute Gasteiger partial charge is 0.393 e. The third-order valence-electron chi connectivity index (χ3n) is 2.62. The van der Waals surface area contributed by atoms with Gasteiger partial charge in [0, 0.05) is 22.3 Å². The van der Waals surface area contributed by atoms with E-state index in [1.807, 2.05) is 13.8 Å². The molecule has 1 rings (SSSR count). The third-order valence-corrected chi connectivity index (χ3v) is 4.22. The number of aliphatic hydroxyl groups excluding tert-OH is 1. The van der Waals surface area contributed by atoms with Crippen LogP contribution in [0.4, 0.5) is 0 Å². The summed E-state index contributed by atoms with van der Waals surface area (Å²) in [6.07, 6.45) is 0.109. The topological polar surface area (TPSA) is 66.4 Å². The lowest BCUT2D eigenvalue weighted by molar-refractivity contribution is 0.0945. The predicted octanol–water partition coefficient (Wildman–Crippen LogP) is 1.70. The first kappa shape index (κ1) is 15.9. The van der Waals surface area contributed by atoms with Gasteiger partial charge in [0.05, 0.1) is 16.9 Å². The van der Waals surface area contributed by atoms with E-state index in [-0.39, 0.29) is 11.2 Å². The molecule has 0 aliphatic carbocycles. The van der Waals surface area contributed by atoms with Crippen molar-refractivity contribution in [3.8, 4) is 0 Å². The summed E-state index contributed by atoms with van der Waals surface area (Å²) in [4.78, 5) is 12.5. The number of hydrogen-bond acceptors (Lipinski definition) is 3. The summed E-state index contributed by atoms with van der Waals surface area (Å²) in [5.74, 6) is -0.178. The highest BCUT2D eigenvalue weighted by atomic mass is 32.2. The first-order chi connectivity index (χ1) is 8.91. The average molecular weight is 283 g/mol. The summed E-state index contributed by atoms with van der Waals surface area (Å²) in [5, 5.41) is 11.9. The normalized spacial score (nSPS) is 14.2. The lowest BCUT2D eigenvalue weighted by atomic mass is 10.2. The van der Waals surface area contributed by atoms with Gasteiger partial charge in [-0.1, -0.05) is 13.8 Å². The Morgan fingerprint density at radius 1 is 1.26 bits per heavy atom. The Bertz CT molecular complexity index is 441. The van der Waals surface area contributed by atoms with Crippen molar-refractivity contribution in [3.63, 3.8) is 0 Å². The Kier molecular flexibility index (Phi) is 6.18. The molecule has 4 nitrogen and oxygen atoms in total. The summed E-state index contributed by atoms with van der Waals surface area (Å²) >= 11 is 0. The number of carbonyl (C=O) groups is 1. The van der Waals surface area contributed by atoms with E-state index in [9.17, 15) is 9.00 Å². The number of benzene rings is 1. The van der Waals surface area contributed by atoms with Crippen molar-refractivity contribution >= 4 is 16.7 Å². The van der Waals surface area contributed by atoms with Gasteiger partial charge in [-0.25, -0.2) is 0 Å². The fraction of sp³-hybridized carbons (Fsp3) is 0.500. The highest BCUT2D eigenvalue weighted by Crippen LogP contribution is 2.12. The van der Waals surface area contributed by atoms with Crippen LogP contribution in [-0.2, 0) is 10.8 Å². The minimum atomic E-state index is -1.03. The highest BCUT2D eigenvalue weighted by Gasteiger charge is 2.10. The van der Waals surface area contributed by atoms with Gasteiger partial charge < -0.3 is 10.4 Å². The number of rotatable bonds is 6. The second-order valence-corrected chi connectivity index (χ2v) is 6.77. The zero-order valence-corrected chi connectivity index (χ0v) is 12.4. The molecule has 1 aromatic rings.